The Morgan fingerprint density at radius 1 is 1.42 bits per heavy atom. The lowest BCUT2D eigenvalue weighted by Crippen LogP contribution is -2.29. The van der Waals surface area contributed by atoms with E-state index >= 15 is 0 Å². The third kappa shape index (κ3) is 1.84. The van der Waals surface area contributed by atoms with Crippen LogP contribution in [0.15, 0.2) is 0 Å². The maximum absolute atomic E-state index is 11.3. The minimum Gasteiger partial charge on any atom is -0.344 e. The van der Waals surface area contributed by atoms with Gasteiger partial charge in [0.1, 0.15) is 6.10 Å². The van der Waals surface area contributed by atoms with Gasteiger partial charge in [-0.05, 0) is 20.8 Å². The Balaban J connectivity index is 2.64. The SMILES string of the molecule is CCC(=O)C1OC(C)(C)O[C@H]1C. The second kappa shape index (κ2) is 3.15. The van der Waals surface area contributed by atoms with Crippen LogP contribution in [-0.4, -0.2) is 23.8 Å². The lowest BCUT2D eigenvalue weighted by molar-refractivity contribution is -0.154. The smallest absolute Gasteiger partial charge is 0.164 e. The van der Waals surface area contributed by atoms with Crippen molar-refractivity contribution < 1.29 is 14.3 Å². The summed E-state index contributed by atoms with van der Waals surface area (Å²) in [6.45, 7) is 7.36. The summed E-state index contributed by atoms with van der Waals surface area (Å²) in [5.74, 6) is -0.484. The largest absolute Gasteiger partial charge is 0.344 e. The highest BCUT2D eigenvalue weighted by Crippen LogP contribution is 2.28. The summed E-state index contributed by atoms with van der Waals surface area (Å²) in [5, 5.41) is 0. The van der Waals surface area contributed by atoms with E-state index in [1.807, 2.05) is 27.7 Å². The lowest BCUT2D eigenvalue weighted by Gasteiger charge is -2.16. The van der Waals surface area contributed by atoms with E-state index < -0.39 is 5.79 Å². The van der Waals surface area contributed by atoms with E-state index in [0.717, 1.165) is 0 Å². The molecule has 0 bridgehead atoms. The molecule has 1 unspecified atom stereocenters. The highest BCUT2D eigenvalue weighted by molar-refractivity contribution is 5.83. The average Bonchev–Trinajstić information content (AvgIpc) is 2.23. The predicted molar refractivity (Wildman–Crippen MR) is 44.8 cm³/mol. The zero-order valence-corrected chi connectivity index (χ0v) is 8.09. The average molecular weight is 172 g/mol. The van der Waals surface area contributed by atoms with Gasteiger partial charge >= 0.3 is 0 Å². The van der Waals surface area contributed by atoms with Crippen LogP contribution < -0.4 is 0 Å². The van der Waals surface area contributed by atoms with Gasteiger partial charge in [-0.1, -0.05) is 6.92 Å². The van der Waals surface area contributed by atoms with Gasteiger partial charge in [-0.3, -0.25) is 4.79 Å². The molecule has 1 fully saturated rings. The topological polar surface area (TPSA) is 35.5 Å². The molecule has 2 atom stereocenters. The van der Waals surface area contributed by atoms with E-state index in [4.69, 9.17) is 9.47 Å². The molecular weight excluding hydrogens is 156 g/mol. The third-order valence-corrected chi connectivity index (χ3v) is 1.97. The molecule has 0 saturated carbocycles. The predicted octanol–water partition coefficient (Wildman–Crippen LogP) is 1.51. The molecule has 1 saturated heterocycles. The van der Waals surface area contributed by atoms with Crippen LogP contribution in [0.4, 0.5) is 0 Å². The first-order valence-electron chi connectivity index (χ1n) is 4.34. The van der Waals surface area contributed by atoms with Crippen molar-refractivity contribution >= 4 is 5.78 Å². The molecule has 0 aliphatic carbocycles. The summed E-state index contributed by atoms with van der Waals surface area (Å²) >= 11 is 0. The van der Waals surface area contributed by atoms with Crippen LogP contribution in [-0.2, 0) is 14.3 Å². The van der Waals surface area contributed by atoms with Crippen LogP contribution in [0.1, 0.15) is 34.1 Å². The first-order chi connectivity index (χ1) is 5.46. The number of ketones is 1. The molecule has 12 heavy (non-hydrogen) atoms. The van der Waals surface area contributed by atoms with Crippen molar-refractivity contribution in [1.82, 2.24) is 0 Å². The van der Waals surface area contributed by atoms with Gasteiger partial charge in [-0.2, -0.15) is 0 Å². The van der Waals surface area contributed by atoms with Gasteiger partial charge in [-0.25, -0.2) is 0 Å². The second-order valence-electron chi connectivity index (χ2n) is 3.58. The van der Waals surface area contributed by atoms with Crippen molar-refractivity contribution in [1.29, 1.82) is 0 Å². The molecule has 0 N–H and O–H groups in total. The molecule has 1 aliphatic rings. The number of ether oxygens (including phenoxy) is 2. The lowest BCUT2D eigenvalue weighted by atomic mass is 10.1. The van der Waals surface area contributed by atoms with Crippen LogP contribution in [0.3, 0.4) is 0 Å². The highest BCUT2D eigenvalue weighted by Gasteiger charge is 2.41. The summed E-state index contributed by atoms with van der Waals surface area (Å²) in [7, 11) is 0. The van der Waals surface area contributed by atoms with Gasteiger partial charge in [0.05, 0.1) is 6.10 Å². The molecule has 3 heteroatoms. The van der Waals surface area contributed by atoms with E-state index in [-0.39, 0.29) is 18.0 Å². The van der Waals surface area contributed by atoms with Gasteiger partial charge in [-0.15, -0.1) is 0 Å². The summed E-state index contributed by atoms with van der Waals surface area (Å²) in [4.78, 5) is 11.3. The number of Topliss-reactive ketones (excluding diaryl/α,β-unsaturated/α-hetero) is 1. The second-order valence-corrected chi connectivity index (χ2v) is 3.58. The Kier molecular flexibility index (Phi) is 2.54. The molecule has 0 aromatic carbocycles. The fourth-order valence-corrected chi connectivity index (χ4v) is 1.47. The zero-order valence-electron chi connectivity index (χ0n) is 8.09. The molecule has 1 rings (SSSR count). The number of hydrogen-bond acceptors (Lipinski definition) is 3. The summed E-state index contributed by atoms with van der Waals surface area (Å²) in [6.07, 6.45) is 0.0199. The fourth-order valence-electron chi connectivity index (χ4n) is 1.47. The van der Waals surface area contributed by atoms with E-state index in [0.29, 0.717) is 6.42 Å². The van der Waals surface area contributed by atoms with Crippen LogP contribution in [0.2, 0.25) is 0 Å². The van der Waals surface area contributed by atoms with Crippen molar-refractivity contribution in [2.75, 3.05) is 0 Å². The monoisotopic (exact) mass is 172 g/mol. The number of carbonyl (C=O) groups excluding carboxylic acids is 1. The molecule has 0 radical (unpaired) electrons. The molecule has 0 aromatic heterocycles. The Bertz CT molecular complexity index is 186. The van der Waals surface area contributed by atoms with Crippen LogP contribution >= 0.6 is 0 Å². The van der Waals surface area contributed by atoms with Crippen molar-refractivity contribution in [3.8, 4) is 0 Å². The van der Waals surface area contributed by atoms with Gasteiger partial charge < -0.3 is 9.47 Å². The van der Waals surface area contributed by atoms with E-state index in [1.54, 1.807) is 0 Å². The summed E-state index contributed by atoms with van der Waals surface area (Å²) in [6, 6.07) is 0. The highest BCUT2D eigenvalue weighted by atomic mass is 16.8. The van der Waals surface area contributed by atoms with Crippen molar-refractivity contribution in [2.45, 2.75) is 52.1 Å². The maximum Gasteiger partial charge on any atom is 0.164 e. The minimum atomic E-state index is -0.602. The minimum absolute atomic E-state index is 0.118. The first-order valence-corrected chi connectivity index (χ1v) is 4.34. The molecule has 70 valence electrons. The normalized spacial score (nSPS) is 33.7. The molecular formula is C9H16O3. The fraction of sp³-hybridized carbons (Fsp3) is 0.889. The van der Waals surface area contributed by atoms with Gasteiger partial charge in [0.25, 0.3) is 0 Å². The molecule has 3 nitrogen and oxygen atoms in total. The number of rotatable bonds is 2. The quantitative estimate of drug-likeness (QED) is 0.633. The molecule has 0 spiro atoms. The number of carbonyl (C=O) groups is 1. The third-order valence-electron chi connectivity index (χ3n) is 1.97. The summed E-state index contributed by atoms with van der Waals surface area (Å²) < 4.78 is 10.9. The number of hydrogen-bond donors (Lipinski definition) is 0. The van der Waals surface area contributed by atoms with Gasteiger partial charge in [0, 0.05) is 6.42 Å². The summed E-state index contributed by atoms with van der Waals surface area (Å²) in [5.41, 5.74) is 0. The Hall–Kier alpha value is -0.410. The van der Waals surface area contributed by atoms with Gasteiger partial charge in [0.15, 0.2) is 11.6 Å². The first kappa shape index (κ1) is 9.68. The Labute approximate surface area is 73.0 Å². The molecule has 0 aromatic rings. The molecule has 1 heterocycles. The standard InChI is InChI=1S/C9H16O3/c1-5-7(10)8-6(2)11-9(3,4)12-8/h6,8H,5H2,1-4H3/t6-,8?/m0/s1. The van der Waals surface area contributed by atoms with Crippen molar-refractivity contribution in [3.63, 3.8) is 0 Å². The molecule has 1 aliphatic heterocycles. The zero-order chi connectivity index (χ0) is 9.35. The Morgan fingerprint density at radius 3 is 2.33 bits per heavy atom. The van der Waals surface area contributed by atoms with E-state index in [9.17, 15) is 4.79 Å². The Morgan fingerprint density at radius 2 is 2.00 bits per heavy atom. The van der Waals surface area contributed by atoms with E-state index in [1.165, 1.54) is 0 Å². The van der Waals surface area contributed by atoms with Crippen molar-refractivity contribution in [3.05, 3.63) is 0 Å². The van der Waals surface area contributed by atoms with Crippen molar-refractivity contribution in [2.24, 2.45) is 0 Å². The molecule has 0 amide bonds. The van der Waals surface area contributed by atoms with Crippen LogP contribution in [0.25, 0.3) is 0 Å². The van der Waals surface area contributed by atoms with Crippen LogP contribution in [0.5, 0.6) is 0 Å². The van der Waals surface area contributed by atoms with Gasteiger partial charge in [0.2, 0.25) is 0 Å². The maximum atomic E-state index is 11.3. The van der Waals surface area contributed by atoms with E-state index in [2.05, 4.69) is 0 Å². The van der Waals surface area contributed by atoms with Crippen LogP contribution in [0, 0.1) is 0 Å².